The van der Waals surface area contributed by atoms with Crippen LogP contribution < -0.4 is 0 Å². The molecular formula is C17H11BrFNO2. The average molecular weight is 360 g/mol. The fourth-order valence-corrected chi connectivity index (χ4v) is 3.07. The monoisotopic (exact) mass is 359 g/mol. The van der Waals surface area contributed by atoms with Gasteiger partial charge in [-0.25, -0.2) is 14.2 Å². The first-order valence-corrected chi connectivity index (χ1v) is 7.36. The molecule has 0 aliphatic heterocycles. The number of carboxylic acids is 1. The molecule has 1 aromatic heterocycles. The normalized spacial score (nSPS) is 10.9. The van der Waals surface area contributed by atoms with Crippen molar-refractivity contribution in [1.82, 2.24) is 4.98 Å². The Bertz CT molecular complexity index is 891. The van der Waals surface area contributed by atoms with E-state index in [4.69, 9.17) is 0 Å². The molecule has 3 rings (SSSR count). The van der Waals surface area contributed by atoms with Crippen molar-refractivity contribution in [1.29, 1.82) is 0 Å². The number of benzene rings is 2. The minimum Gasteiger partial charge on any atom is -0.478 e. The van der Waals surface area contributed by atoms with Gasteiger partial charge in [-0.15, -0.1) is 0 Å². The van der Waals surface area contributed by atoms with Gasteiger partial charge in [-0.3, -0.25) is 0 Å². The zero-order valence-electron chi connectivity index (χ0n) is 11.6. The van der Waals surface area contributed by atoms with Gasteiger partial charge in [0.1, 0.15) is 5.82 Å². The molecule has 0 saturated heterocycles. The van der Waals surface area contributed by atoms with Crippen LogP contribution in [0.2, 0.25) is 0 Å². The van der Waals surface area contributed by atoms with E-state index < -0.39 is 5.97 Å². The molecule has 0 aliphatic carbocycles. The number of nitrogens with zero attached hydrogens (tertiary/aromatic N) is 1. The van der Waals surface area contributed by atoms with E-state index in [2.05, 4.69) is 20.9 Å². The Hall–Kier alpha value is -2.27. The summed E-state index contributed by atoms with van der Waals surface area (Å²) in [5, 5.41) is 10.2. The fourth-order valence-electron chi connectivity index (χ4n) is 2.52. The first-order chi connectivity index (χ1) is 10.5. The molecule has 1 heterocycles. The maximum Gasteiger partial charge on any atom is 0.336 e. The van der Waals surface area contributed by atoms with E-state index >= 15 is 0 Å². The van der Waals surface area contributed by atoms with Crippen LogP contribution in [0.3, 0.4) is 0 Å². The second-order valence-electron chi connectivity index (χ2n) is 4.91. The van der Waals surface area contributed by atoms with Gasteiger partial charge in [0, 0.05) is 15.4 Å². The predicted molar refractivity (Wildman–Crippen MR) is 86.5 cm³/mol. The van der Waals surface area contributed by atoms with E-state index in [0.717, 1.165) is 0 Å². The average Bonchev–Trinajstić information content (AvgIpc) is 2.48. The van der Waals surface area contributed by atoms with Gasteiger partial charge in [0.2, 0.25) is 0 Å². The highest BCUT2D eigenvalue weighted by molar-refractivity contribution is 9.10. The molecule has 2 aromatic carbocycles. The van der Waals surface area contributed by atoms with Gasteiger partial charge in [0.15, 0.2) is 0 Å². The molecule has 0 spiro atoms. The molecule has 5 heteroatoms. The van der Waals surface area contributed by atoms with Crippen molar-refractivity contribution in [2.24, 2.45) is 0 Å². The summed E-state index contributed by atoms with van der Waals surface area (Å²) in [5.41, 5.74) is 2.57. The van der Waals surface area contributed by atoms with Crippen LogP contribution in [0.1, 0.15) is 15.9 Å². The maximum atomic E-state index is 13.1. The topological polar surface area (TPSA) is 50.2 Å². The van der Waals surface area contributed by atoms with Gasteiger partial charge in [-0.2, -0.15) is 0 Å². The molecule has 22 heavy (non-hydrogen) atoms. The number of pyridine rings is 1. The molecule has 3 nitrogen and oxygen atoms in total. The zero-order chi connectivity index (χ0) is 15.9. The Kier molecular flexibility index (Phi) is 3.66. The summed E-state index contributed by atoms with van der Waals surface area (Å²) >= 11 is 3.39. The summed E-state index contributed by atoms with van der Waals surface area (Å²) in [6, 6.07) is 11.2. The Morgan fingerprint density at radius 3 is 2.50 bits per heavy atom. The molecule has 0 saturated carbocycles. The quantitative estimate of drug-likeness (QED) is 0.714. The van der Waals surface area contributed by atoms with Gasteiger partial charge >= 0.3 is 5.97 Å². The summed E-state index contributed by atoms with van der Waals surface area (Å²) in [6.07, 6.45) is 0. The third kappa shape index (κ3) is 2.37. The van der Waals surface area contributed by atoms with Gasteiger partial charge in [0.05, 0.1) is 16.8 Å². The van der Waals surface area contributed by atoms with Gasteiger partial charge < -0.3 is 5.11 Å². The van der Waals surface area contributed by atoms with E-state index in [1.54, 1.807) is 37.3 Å². The van der Waals surface area contributed by atoms with Crippen molar-refractivity contribution < 1.29 is 14.3 Å². The summed E-state index contributed by atoms with van der Waals surface area (Å²) in [6.45, 7) is 1.72. The third-order valence-electron chi connectivity index (χ3n) is 3.54. The van der Waals surface area contributed by atoms with Crippen LogP contribution in [0.25, 0.3) is 22.2 Å². The number of fused-ring (bicyclic) bond motifs is 1. The predicted octanol–water partition coefficient (Wildman–Crippen LogP) is 4.81. The van der Waals surface area contributed by atoms with Crippen molar-refractivity contribution in [2.45, 2.75) is 6.92 Å². The fraction of sp³-hybridized carbons (Fsp3) is 0.0588. The van der Waals surface area contributed by atoms with Crippen molar-refractivity contribution in [3.63, 3.8) is 0 Å². The largest absolute Gasteiger partial charge is 0.478 e. The maximum absolute atomic E-state index is 13.1. The van der Waals surface area contributed by atoms with Gasteiger partial charge in [-0.1, -0.05) is 22.0 Å². The van der Waals surface area contributed by atoms with Crippen LogP contribution in [-0.2, 0) is 0 Å². The van der Waals surface area contributed by atoms with Crippen LogP contribution in [0.15, 0.2) is 46.9 Å². The Balaban J connectivity index is 2.40. The summed E-state index contributed by atoms with van der Waals surface area (Å²) in [7, 11) is 0. The lowest BCUT2D eigenvalue weighted by Crippen LogP contribution is -2.05. The number of aromatic nitrogens is 1. The molecule has 1 N–H and O–H groups in total. The molecule has 0 bridgehead atoms. The highest BCUT2D eigenvalue weighted by Gasteiger charge is 2.19. The molecule has 0 aliphatic rings. The molecule has 0 atom stereocenters. The van der Waals surface area contributed by atoms with Crippen molar-refractivity contribution in [3.8, 4) is 11.3 Å². The molecule has 110 valence electrons. The van der Waals surface area contributed by atoms with E-state index in [-0.39, 0.29) is 11.4 Å². The first-order valence-electron chi connectivity index (χ1n) is 6.57. The molecule has 0 fully saturated rings. The number of rotatable bonds is 2. The zero-order valence-corrected chi connectivity index (χ0v) is 13.2. The van der Waals surface area contributed by atoms with Crippen LogP contribution in [0.4, 0.5) is 4.39 Å². The lowest BCUT2D eigenvalue weighted by Gasteiger charge is -2.13. The van der Waals surface area contributed by atoms with Crippen molar-refractivity contribution in [2.75, 3.05) is 0 Å². The number of halogens is 2. The van der Waals surface area contributed by atoms with E-state index in [9.17, 15) is 14.3 Å². The first kappa shape index (κ1) is 14.7. The van der Waals surface area contributed by atoms with Crippen LogP contribution in [-0.4, -0.2) is 16.1 Å². The molecule has 0 radical (unpaired) electrons. The van der Waals surface area contributed by atoms with Crippen LogP contribution in [0, 0.1) is 12.7 Å². The van der Waals surface area contributed by atoms with Crippen LogP contribution >= 0.6 is 15.9 Å². The number of aromatic carboxylic acids is 1. The van der Waals surface area contributed by atoms with Gasteiger partial charge in [0.25, 0.3) is 0 Å². The van der Waals surface area contributed by atoms with Gasteiger partial charge in [-0.05, 0) is 48.9 Å². The SMILES string of the molecule is Cc1c(-c2ccc(F)cc2)nc2cccc(Br)c2c1C(=O)O. The summed E-state index contributed by atoms with van der Waals surface area (Å²) in [4.78, 5) is 16.3. The summed E-state index contributed by atoms with van der Waals surface area (Å²) < 4.78 is 13.8. The van der Waals surface area contributed by atoms with E-state index in [0.29, 0.717) is 32.2 Å². The Morgan fingerprint density at radius 1 is 1.18 bits per heavy atom. The van der Waals surface area contributed by atoms with Crippen LogP contribution in [0.5, 0.6) is 0 Å². The number of hydrogen-bond donors (Lipinski definition) is 1. The smallest absolute Gasteiger partial charge is 0.336 e. The van der Waals surface area contributed by atoms with E-state index in [1.807, 2.05) is 0 Å². The molecule has 0 unspecified atom stereocenters. The van der Waals surface area contributed by atoms with Crippen molar-refractivity contribution >= 4 is 32.8 Å². The second kappa shape index (κ2) is 5.50. The highest BCUT2D eigenvalue weighted by atomic mass is 79.9. The minimum atomic E-state index is -1.01. The third-order valence-corrected chi connectivity index (χ3v) is 4.20. The number of hydrogen-bond acceptors (Lipinski definition) is 2. The molecular weight excluding hydrogens is 349 g/mol. The highest BCUT2D eigenvalue weighted by Crippen LogP contribution is 2.33. The molecule has 0 amide bonds. The standard InChI is InChI=1S/C17H11BrFNO2/c1-9-14(17(21)22)15-12(18)3-2-4-13(15)20-16(9)10-5-7-11(19)8-6-10/h2-8H,1H3,(H,21,22). The lowest BCUT2D eigenvalue weighted by molar-refractivity contribution is 0.0698. The molecule has 3 aromatic rings. The Morgan fingerprint density at radius 2 is 1.86 bits per heavy atom. The van der Waals surface area contributed by atoms with E-state index in [1.165, 1.54) is 12.1 Å². The minimum absolute atomic E-state index is 0.205. The van der Waals surface area contributed by atoms with Crippen molar-refractivity contribution in [3.05, 3.63) is 63.9 Å². The second-order valence-corrected chi connectivity index (χ2v) is 5.76. The lowest BCUT2D eigenvalue weighted by atomic mass is 9.98. The Labute approximate surface area is 134 Å². The number of carboxylic acid groups (broad SMARTS) is 1. The number of carbonyl (C=O) groups is 1. The summed E-state index contributed by atoms with van der Waals surface area (Å²) in [5.74, 6) is -1.36.